The third kappa shape index (κ3) is 2.74. The van der Waals surface area contributed by atoms with Crippen molar-refractivity contribution in [2.75, 3.05) is 13.7 Å². The number of hydrogen-bond donors (Lipinski definition) is 2. The van der Waals surface area contributed by atoms with Crippen molar-refractivity contribution in [3.8, 4) is 17.0 Å². The van der Waals surface area contributed by atoms with Crippen LogP contribution in [0.5, 0.6) is 5.75 Å². The van der Waals surface area contributed by atoms with E-state index in [-0.39, 0.29) is 0 Å². The monoisotopic (exact) mass is 279 g/mol. The Labute approximate surface area is 117 Å². The molecule has 0 aliphatic carbocycles. The van der Waals surface area contributed by atoms with Crippen LogP contribution in [0.1, 0.15) is 17.1 Å². The minimum absolute atomic E-state index is 0.566. The Morgan fingerprint density at radius 2 is 2.11 bits per heavy atom. The highest BCUT2D eigenvalue weighted by Crippen LogP contribution is 2.36. The molecule has 2 rings (SSSR count). The Hall–Kier alpha value is -1.52. The smallest absolute Gasteiger partial charge is 0.131 e. The van der Waals surface area contributed by atoms with Gasteiger partial charge in [0.05, 0.1) is 12.8 Å². The molecule has 1 heterocycles. The SMILES string of the molecule is COc1c(C)cc(Cl)cc1-c1nc(C)[nH]c1CCN. The lowest BCUT2D eigenvalue weighted by atomic mass is 10.0. The molecule has 102 valence electrons. The number of benzene rings is 1. The molecule has 3 N–H and O–H groups in total. The second kappa shape index (κ2) is 5.63. The predicted molar refractivity (Wildman–Crippen MR) is 77.8 cm³/mol. The van der Waals surface area contributed by atoms with Crippen molar-refractivity contribution in [2.45, 2.75) is 20.3 Å². The van der Waals surface area contributed by atoms with Gasteiger partial charge in [0, 0.05) is 22.7 Å². The fraction of sp³-hybridized carbons (Fsp3) is 0.357. The van der Waals surface area contributed by atoms with Gasteiger partial charge in [-0.1, -0.05) is 11.6 Å². The summed E-state index contributed by atoms with van der Waals surface area (Å²) in [7, 11) is 1.65. The van der Waals surface area contributed by atoms with Crippen LogP contribution in [-0.4, -0.2) is 23.6 Å². The molecule has 19 heavy (non-hydrogen) atoms. The first-order valence-corrected chi connectivity index (χ1v) is 6.54. The third-order valence-electron chi connectivity index (χ3n) is 2.99. The Morgan fingerprint density at radius 1 is 1.37 bits per heavy atom. The van der Waals surface area contributed by atoms with Gasteiger partial charge in [-0.2, -0.15) is 0 Å². The summed E-state index contributed by atoms with van der Waals surface area (Å²) < 4.78 is 5.48. The van der Waals surface area contributed by atoms with Gasteiger partial charge in [-0.25, -0.2) is 4.98 Å². The van der Waals surface area contributed by atoms with Crippen molar-refractivity contribution in [1.29, 1.82) is 0 Å². The largest absolute Gasteiger partial charge is 0.496 e. The van der Waals surface area contributed by atoms with Crippen molar-refractivity contribution < 1.29 is 4.74 Å². The maximum Gasteiger partial charge on any atom is 0.131 e. The molecule has 0 saturated carbocycles. The molecule has 0 aliphatic heterocycles. The predicted octanol–water partition coefficient (Wildman–Crippen LogP) is 2.86. The van der Waals surface area contributed by atoms with E-state index in [1.54, 1.807) is 7.11 Å². The Bertz CT molecular complexity index is 593. The van der Waals surface area contributed by atoms with Gasteiger partial charge < -0.3 is 15.5 Å². The first kappa shape index (κ1) is 13.9. The molecule has 2 aromatic rings. The van der Waals surface area contributed by atoms with Crippen LogP contribution in [0.15, 0.2) is 12.1 Å². The topological polar surface area (TPSA) is 63.9 Å². The quantitative estimate of drug-likeness (QED) is 0.904. The Kier molecular flexibility index (Phi) is 4.12. The number of halogens is 1. The number of aromatic amines is 1. The van der Waals surface area contributed by atoms with Gasteiger partial charge >= 0.3 is 0 Å². The van der Waals surface area contributed by atoms with E-state index in [9.17, 15) is 0 Å². The van der Waals surface area contributed by atoms with Crippen LogP contribution in [0, 0.1) is 13.8 Å². The zero-order chi connectivity index (χ0) is 14.0. The molecule has 0 unspecified atom stereocenters. The standard InChI is InChI=1S/C14H18ClN3O/c1-8-6-10(15)7-11(14(8)19-3)13-12(4-5-16)17-9(2)18-13/h6-7H,4-5,16H2,1-3H3,(H,17,18). The summed E-state index contributed by atoms with van der Waals surface area (Å²) in [5.74, 6) is 1.66. The van der Waals surface area contributed by atoms with Gasteiger partial charge in [0.2, 0.25) is 0 Å². The van der Waals surface area contributed by atoms with E-state index in [4.69, 9.17) is 22.1 Å². The molecule has 0 bridgehead atoms. The van der Waals surface area contributed by atoms with Crippen molar-refractivity contribution in [3.63, 3.8) is 0 Å². The molecule has 0 saturated heterocycles. The molecule has 1 aromatic heterocycles. The first-order valence-electron chi connectivity index (χ1n) is 6.17. The number of methoxy groups -OCH3 is 1. The van der Waals surface area contributed by atoms with Crippen LogP contribution < -0.4 is 10.5 Å². The molecule has 0 radical (unpaired) electrons. The first-order chi connectivity index (χ1) is 9.06. The van der Waals surface area contributed by atoms with Crippen LogP contribution in [0.4, 0.5) is 0 Å². The number of imidazole rings is 1. The fourth-order valence-corrected chi connectivity index (χ4v) is 2.54. The van der Waals surface area contributed by atoms with Crippen molar-refractivity contribution in [3.05, 3.63) is 34.2 Å². The van der Waals surface area contributed by atoms with Gasteiger partial charge in [0.25, 0.3) is 0 Å². The summed E-state index contributed by atoms with van der Waals surface area (Å²) in [5, 5.41) is 0.674. The van der Waals surface area contributed by atoms with Crippen LogP contribution in [0.25, 0.3) is 11.3 Å². The number of nitrogens with zero attached hydrogens (tertiary/aromatic N) is 1. The van der Waals surface area contributed by atoms with E-state index in [1.165, 1.54) is 0 Å². The van der Waals surface area contributed by atoms with E-state index in [0.29, 0.717) is 11.6 Å². The van der Waals surface area contributed by atoms with E-state index in [1.807, 2.05) is 26.0 Å². The second-order valence-corrected chi connectivity index (χ2v) is 4.93. The summed E-state index contributed by atoms with van der Waals surface area (Å²) >= 11 is 6.15. The summed E-state index contributed by atoms with van der Waals surface area (Å²) in [6.07, 6.45) is 0.741. The highest BCUT2D eigenvalue weighted by molar-refractivity contribution is 6.31. The van der Waals surface area contributed by atoms with Gasteiger partial charge in [-0.05, 0) is 38.1 Å². The van der Waals surface area contributed by atoms with Crippen molar-refractivity contribution in [2.24, 2.45) is 5.73 Å². The third-order valence-corrected chi connectivity index (χ3v) is 3.21. The van der Waals surface area contributed by atoms with Crippen LogP contribution in [-0.2, 0) is 6.42 Å². The van der Waals surface area contributed by atoms with E-state index in [2.05, 4.69) is 9.97 Å². The highest BCUT2D eigenvalue weighted by Gasteiger charge is 2.16. The summed E-state index contributed by atoms with van der Waals surface area (Å²) in [6, 6.07) is 3.76. The van der Waals surface area contributed by atoms with E-state index >= 15 is 0 Å². The van der Waals surface area contributed by atoms with Gasteiger partial charge in [-0.3, -0.25) is 0 Å². The average Bonchev–Trinajstić information content (AvgIpc) is 2.70. The maximum atomic E-state index is 6.15. The number of aryl methyl sites for hydroxylation is 2. The average molecular weight is 280 g/mol. The van der Waals surface area contributed by atoms with Crippen LogP contribution >= 0.6 is 11.6 Å². The summed E-state index contributed by atoms with van der Waals surface area (Å²) in [4.78, 5) is 7.79. The number of hydrogen-bond acceptors (Lipinski definition) is 3. The zero-order valence-electron chi connectivity index (χ0n) is 11.4. The normalized spacial score (nSPS) is 10.8. The molecule has 4 nitrogen and oxygen atoms in total. The molecular weight excluding hydrogens is 262 g/mol. The minimum Gasteiger partial charge on any atom is -0.496 e. The van der Waals surface area contributed by atoms with E-state index in [0.717, 1.165) is 40.5 Å². The van der Waals surface area contributed by atoms with Gasteiger partial charge in [0.1, 0.15) is 11.6 Å². The number of nitrogens with one attached hydrogen (secondary N) is 1. The number of ether oxygens (including phenoxy) is 1. The number of H-pyrrole nitrogens is 1. The van der Waals surface area contributed by atoms with Gasteiger partial charge in [-0.15, -0.1) is 0 Å². The Balaban J connectivity index is 2.63. The van der Waals surface area contributed by atoms with Crippen LogP contribution in [0.2, 0.25) is 5.02 Å². The maximum absolute atomic E-state index is 6.15. The van der Waals surface area contributed by atoms with Crippen LogP contribution in [0.3, 0.4) is 0 Å². The minimum atomic E-state index is 0.566. The van der Waals surface area contributed by atoms with Crippen molar-refractivity contribution >= 4 is 11.6 Å². The van der Waals surface area contributed by atoms with Crippen molar-refractivity contribution in [1.82, 2.24) is 9.97 Å². The number of nitrogens with two attached hydrogens (primary N) is 1. The Morgan fingerprint density at radius 3 is 2.74 bits per heavy atom. The summed E-state index contributed by atoms with van der Waals surface area (Å²) in [5.41, 5.74) is 9.42. The summed E-state index contributed by atoms with van der Waals surface area (Å²) in [6.45, 7) is 4.46. The fourth-order valence-electron chi connectivity index (χ4n) is 2.27. The lowest BCUT2D eigenvalue weighted by molar-refractivity contribution is 0.413. The van der Waals surface area contributed by atoms with E-state index < -0.39 is 0 Å². The molecule has 0 spiro atoms. The zero-order valence-corrected chi connectivity index (χ0v) is 12.1. The lowest BCUT2D eigenvalue weighted by Gasteiger charge is -2.11. The lowest BCUT2D eigenvalue weighted by Crippen LogP contribution is -2.04. The molecule has 5 heteroatoms. The molecule has 0 fully saturated rings. The number of rotatable bonds is 4. The molecule has 0 aliphatic rings. The highest BCUT2D eigenvalue weighted by atomic mass is 35.5. The number of aromatic nitrogens is 2. The molecular formula is C14H18ClN3O. The molecule has 0 amide bonds. The molecule has 1 aromatic carbocycles. The second-order valence-electron chi connectivity index (χ2n) is 4.49. The molecule has 0 atom stereocenters. The van der Waals surface area contributed by atoms with Gasteiger partial charge in [0.15, 0.2) is 0 Å².